The molecule has 2 aromatic carbocycles. The van der Waals surface area contributed by atoms with Crippen molar-refractivity contribution in [2.24, 2.45) is 0 Å². The first-order chi connectivity index (χ1) is 11.8. The Bertz CT molecular complexity index is 890. The van der Waals surface area contributed by atoms with E-state index in [0.29, 0.717) is 6.42 Å². The highest BCUT2D eigenvalue weighted by atomic mass is 16.1. The molecule has 1 aliphatic rings. The van der Waals surface area contributed by atoms with Crippen molar-refractivity contribution in [3.05, 3.63) is 78.1 Å². The summed E-state index contributed by atoms with van der Waals surface area (Å²) in [5.41, 5.74) is 6.26. The summed E-state index contributed by atoms with van der Waals surface area (Å²) in [6.45, 7) is 0.750. The average molecular weight is 315 g/mol. The van der Waals surface area contributed by atoms with Crippen LogP contribution in [0, 0.1) is 0 Å². The maximum absolute atomic E-state index is 11.5. The van der Waals surface area contributed by atoms with Gasteiger partial charge in [0.25, 0.3) is 0 Å². The SMILES string of the molecule is O=C1Cc2ccc(-c3cnccc3NCc3ccccc3)cc2N1. The Balaban J connectivity index is 1.62. The van der Waals surface area contributed by atoms with Gasteiger partial charge in [-0.05, 0) is 28.8 Å². The molecule has 4 heteroatoms. The number of carbonyl (C=O) groups excluding carboxylic acids is 1. The van der Waals surface area contributed by atoms with Crippen molar-refractivity contribution in [3.8, 4) is 11.1 Å². The van der Waals surface area contributed by atoms with Gasteiger partial charge >= 0.3 is 0 Å². The number of fused-ring (bicyclic) bond motifs is 1. The lowest BCUT2D eigenvalue weighted by Crippen LogP contribution is -2.03. The highest BCUT2D eigenvalue weighted by molar-refractivity contribution is 6.00. The molecule has 118 valence electrons. The number of hydrogen-bond donors (Lipinski definition) is 2. The minimum absolute atomic E-state index is 0.0516. The molecule has 0 atom stereocenters. The molecule has 2 N–H and O–H groups in total. The van der Waals surface area contributed by atoms with Crippen LogP contribution in [0.4, 0.5) is 11.4 Å². The number of carbonyl (C=O) groups is 1. The molecule has 0 fully saturated rings. The highest BCUT2D eigenvalue weighted by Gasteiger charge is 2.18. The largest absolute Gasteiger partial charge is 0.380 e. The van der Waals surface area contributed by atoms with Crippen LogP contribution >= 0.6 is 0 Å². The molecule has 0 unspecified atom stereocenters. The summed E-state index contributed by atoms with van der Waals surface area (Å²) in [5, 5.41) is 6.38. The second kappa shape index (κ2) is 6.16. The fourth-order valence-electron chi connectivity index (χ4n) is 2.95. The molecule has 24 heavy (non-hydrogen) atoms. The fourth-order valence-corrected chi connectivity index (χ4v) is 2.95. The maximum atomic E-state index is 11.5. The number of amides is 1. The molecule has 1 aliphatic heterocycles. The normalized spacial score (nSPS) is 12.6. The Morgan fingerprint density at radius 2 is 1.96 bits per heavy atom. The third-order valence-corrected chi connectivity index (χ3v) is 4.19. The molecule has 0 aliphatic carbocycles. The molecule has 2 heterocycles. The number of anilines is 2. The number of hydrogen-bond acceptors (Lipinski definition) is 3. The van der Waals surface area contributed by atoms with Crippen molar-refractivity contribution >= 4 is 17.3 Å². The van der Waals surface area contributed by atoms with Crippen molar-refractivity contribution in [2.75, 3.05) is 10.6 Å². The van der Waals surface area contributed by atoms with Gasteiger partial charge in [0, 0.05) is 35.9 Å². The number of nitrogens with zero attached hydrogens (tertiary/aromatic N) is 1. The number of benzene rings is 2. The van der Waals surface area contributed by atoms with Gasteiger partial charge < -0.3 is 10.6 Å². The van der Waals surface area contributed by atoms with Crippen molar-refractivity contribution in [1.82, 2.24) is 4.98 Å². The van der Waals surface area contributed by atoms with E-state index in [1.165, 1.54) is 5.56 Å². The Hall–Kier alpha value is -3.14. The monoisotopic (exact) mass is 315 g/mol. The molecular formula is C20H17N3O. The lowest BCUT2D eigenvalue weighted by molar-refractivity contribution is -0.115. The van der Waals surface area contributed by atoms with Crippen LogP contribution in [0.2, 0.25) is 0 Å². The van der Waals surface area contributed by atoms with Crippen molar-refractivity contribution in [3.63, 3.8) is 0 Å². The highest BCUT2D eigenvalue weighted by Crippen LogP contribution is 2.32. The summed E-state index contributed by atoms with van der Waals surface area (Å²) in [6, 6.07) is 18.3. The summed E-state index contributed by atoms with van der Waals surface area (Å²) >= 11 is 0. The minimum atomic E-state index is 0.0516. The van der Waals surface area contributed by atoms with Crippen LogP contribution in [0.5, 0.6) is 0 Å². The summed E-state index contributed by atoms with van der Waals surface area (Å²) in [6.07, 6.45) is 4.10. The van der Waals surface area contributed by atoms with Gasteiger partial charge in [-0.2, -0.15) is 0 Å². The predicted molar refractivity (Wildman–Crippen MR) is 95.8 cm³/mol. The first kappa shape index (κ1) is 14.5. The van der Waals surface area contributed by atoms with E-state index >= 15 is 0 Å². The topological polar surface area (TPSA) is 54.0 Å². The van der Waals surface area contributed by atoms with Gasteiger partial charge in [0.2, 0.25) is 5.91 Å². The van der Waals surface area contributed by atoms with Gasteiger partial charge in [-0.1, -0.05) is 42.5 Å². The smallest absolute Gasteiger partial charge is 0.228 e. The molecule has 4 nitrogen and oxygen atoms in total. The van der Waals surface area contributed by atoms with Gasteiger partial charge in [0.1, 0.15) is 0 Å². The average Bonchev–Trinajstić information content (AvgIpc) is 3.00. The van der Waals surface area contributed by atoms with Gasteiger partial charge in [0.05, 0.1) is 6.42 Å². The second-order valence-corrected chi connectivity index (χ2v) is 5.86. The summed E-state index contributed by atoms with van der Waals surface area (Å²) in [7, 11) is 0. The predicted octanol–water partition coefficient (Wildman–Crippen LogP) is 3.86. The Morgan fingerprint density at radius 3 is 2.83 bits per heavy atom. The summed E-state index contributed by atoms with van der Waals surface area (Å²) < 4.78 is 0. The number of pyridine rings is 1. The molecule has 1 amide bonds. The molecule has 0 spiro atoms. The lowest BCUT2D eigenvalue weighted by atomic mass is 10.0. The third-order valence-electron chi connectivity index (χ3n) is 4.19. The van der Waals surface area contributed by atoms with Gasteiger partial charge in [-0.3, -0.25) is 9.78 Å². The molecule has 3 aromatic rings. The standard InChI is InChI=1S/C20H17N3O/c24-20-11-16-7-6-15(10-19(16)23-20)17-13-21-9-8-18(17)22-12-14-4-2-1-3-5-14/h1-10,13H,11-12H2,(H,21,22)(H,23,24). The van der Waals surface area contributed by atoms with Gasteiger partial charge in [0.15, 0.2) is 0 Å². The molecule has 0 saturated heterocycles. The van der Waals surface area contributed by atoms with Crippen LogP contribution in [-0.4, -0.2) is 10.9 Å². The van der Waals surface area contributed by atoms with Crippen LogP contribution in [0.15, 0.2) is 67.0 Å². The van der Waals surface area contributed by atoms with Crippen LogP contribution in [0.1, 0.15) is 11.1 Å². The first-order valence-corrected chi connectivity index (χ1v) is 7.94. The number of aromatic nitrogens is 1. The molecule has 0 radical (unpaired) electrons. The van der Waals surface area contributed by atoms with E-state index in [1.807, 2.05) is 48.7 Å². The zero-order valence-corrected chi connectivity index (χ0v) is 13.1. The van der Waals surface area contributed by atoms with Crippen molar-refractivity contribution in [2.45, 2.75) is 13.0 Å². The summed E-state index contributed by atoms with van der Waals surface area (Å²) in [5.74, 6) is 0.0516. The van der Waals surface area contributed by atoms with E-state index in [-0.39, 0.29) is 5.91 Å². The van der Waals surface area contributed by atoms with Crippen LogP contribution in [0.3, 0.4) is 0 Å². The fraction of sp³-hybridized carbons (Fsp3) is 0.100. The Kier molecular flexibility index (Phi) is 3.71. The first-order valence-electron chi connectivity index (χ1n) is 7.94. The lowest BCUT2D eigenvalue weighted by Gasteiger charge is -2.13. The van der Waals surface area contributed by atoms with E-state index in [4.69, 9.17) is 0 Å². The van der Waals surface area contributed by atoms with Gasteiger partial charge in [-0.15, -0.1) is 0 Å². The number of nitrogens with one attached hydrogen (secondary N) is 2. The Morgan fingerprint density at radius 1 is 1.08 bits per heavy atom. The van der Waals surface area contributed by atoms with E-state index < -0.39 is 0 Å². The number of rotatable bonds is 4. The molecular weight excluding hydrogens is 298 g/mol. The molecule has 4 rings (SSSR count). The van der Waals surface area contributed by atoms with Crippen LogP contribution in [0.25, 0.3) is 11.1 Å². The third kappa shape index (κ3) is 2.86. The second-order valence-electron chi connectivity index (χ2n) is 5.86. The van der Waals surface area contributed by atoms with Gasteiger partial charge in [-0.25, -0.2) is 0 Å². The zero-order chi connectivity index (χ0) is 16.4. The van der Waals surface area contributed by atoms with E-state index in [1.54, 1.807) is 6.20 Å². The summed E-state index contributed by atoms with van der Waals surface area (Å²) in [4.78, 5) is 15.8. The van der Waals surface area contributed by atoms with Crippen molar-refractivity contribution in [1.29, 1.82) is 0 Å². The van der Waals surface area contributed by atoms with E-state index in [0.717, 1.165) is 34.6 Å². The maximum Gasteiger partial charge on any atom is 0.228 e. The van der Waals surface area contributed by atoms with Crippen LogP contribution < -0.4 is 10.6 Å². The van der Waals surface area contributed by atoms with Crippen molar-refractivity contribution < 1.29 is 4.79 Å². The van der Waals surface area contributed by atoms with Crippen LogP contribution in [-0.2, 0) is 17.8 Å². The molecule has 0 bridgehead atoms. The minimum Gasteiger partial charge on any atom is -0.380 e. The van der Waals surface area contributed by atoms with E-state index in [9.17, 15) is 4.79 Å². The quantitative estimate of drug-likeness (QED) is 0.769. The van der Waals surface area contributed by atoms with E-state index in [2.05, 4.69) is 27.8 Å². The molecule has 0 saturated carbocycles. The zero-order valence-electron chi connectivity index (χ0n) is 13.1. The Labute approximate surface area is 140 Å². The molecule has 1 aromatic heterocycles.